The van der Waals surface area contributed by atoms with Crippen molar-refractivity contribution in [2.45, 2.75) is 95.4 Å². The van der Waals surface area contributed by atoms with E-state index in [-0.39, 0.29) is 41.1 Å². The Bertz CT molecular complexity index is 823. The maximum Gasteiger partial charge on any atom is 0.320 e. The van der Waals surface area contributed by atoms with Crippen LogP contribution in [0, 0.1) is 5.41 Å². The Labute approximate surface area is 173 Å². The molecule has 0 aromatic heterocycles. The molecule has 5 heteroatoms. The van der Waals surface area contributed by atoms with E-state index in [9.17, 15) is 15.0 Å². The minimum Gasteiger partial charge on any atom is -0.508 e. The van der Waals surface area contributed by atoms with Gasteiger partial charge in [-0.25, -0.2) is 4.79 Å². The zero-order chi connectivity index (χ0) is 20.6. The summed E-state index contributed by atoms with van der Waals surface area (Å²) in [6.07, 6.45) is 5.93. The van der Waals surface area contributed by atoms with Crippen LogP contribution in [0.3, 0.4) is 0 Å². The molecule has 5 nitrogen and oxygen atoms in total. The molecule has 4 aliphatic rings. The average molecular weight is 399 g/mol. The summed E-state index contributed by atoms with van der Waals surface area (Å²) in [5.41, 5.74) is 2.14. The van der Waals surface area contributed by atoms with Crippen molar-refractivity contribution in [2.75, 3.05) is 6.54 Å². The molecule has 0 spiro atoms. The number of carbonyl (C=O) groups is 1. The first-order chi connectivity index (χ1) is 13.7. The molecule has 1 aliphatic carbocycles. The van der Waals surface area contributed by atoms with Gasteiger partial charge in [0.15, 0.2) is 0 Å². The van der Waals surface area contributed by atoms with Crippen LogP contribution < -0.4 is 0 Å². The number of likely N-dealkylation sites (tertiary alicyclic amines) is 1. The second kappa shape index (κ2) is 6.37. The Morgan fingerprint density at radius 3 is 2.52 bits per heavy atom. The van der Waals surface area contributed by atoms with Gasteiger partial charge in [-0.05, 0) is 67.6 Å². The highest BCUT2D eigenvalue weighted by molar-refractivity contribution is 5.77. The van der Waals surface area contributed by atoms with Gasteiger partial charge in [-0.1, -0.05) is 32.9 Å². The fourth-order valence-corrected chi connectivity index (χ4v) is 6.97. The van der Waals surface area contributed by atoms with Crippen molar-refractivity contribution < 1.29 is 15.0 Å². The van der Waals surface area contributed by atoms with Crippen molar-refractivity contribution in [2.24, 2.45) is 5.41 Å². The van der Waals surface area contributed by atoms with Crippen molar-refractivity contribution in [1.29, 1.82) is 0 Å². The molecule has 3 fully saturated rings. The fraction of sp³-hybridized carbons (Fsp3) is 0.708. The van der Waals surface area contributed by atoms with Gasteiger partial charge >= 0.3 is 6.03 Å². The summed E-state index contributed by atoms with van der Waals surface area (Å²) in [7, 11) is 0. The summed E-state index contributed by atoms with van der Waals surface area (Å²) in [4.78, 5) is 18.1. The third kappa shape index (κ3) is 2.59. The van der Waals surface area contributed by atoms with E-state index in [2.05, 4.69) is 36.6 Å². The molecule has 1 aromatic rings. The number of carbonyl (C=O) groups excluding carboxylic acids is 1. The predicted octanol–water partition coefficient (Wildman–Crippen LogP) is 3.80. The molecule has 2 N–H and O–H groups in total. The molecule has 4 bridgehead atoms. The first-order valence-corrected chi connectivity index (χ1v) is 11.3. The van der Waals surface area contributed by atoms with Crippen LogP contribution in [0.4, 0.5) is 4.79 Å². The maximum absolute atomic E-state index is 13.9. The highest BCUT2D eigenvalue weighted by atomic mass is 16.3. The second-order valence-corrected chi connectivity index (χ2v) is 10.6. The molecule has 1 aromatic carbocycles. The number of aliphatic hydroxyl groups excluding tert-OH is 1. The van der Waals surface area contributed by atoms with Crippen LogP contribution in [-0.2, 0) is 11.8 Å². The third-order valence-electron chi connectivity index (χ3n) is 9.04. The lowest BCUT2D eigenvalue weighted by molar-refractivity contribution is -0.0504. The molecule has 2 amide bonds. The first kappa shape index (κ1) is 19.2. The molecule has 158 valence electrons. The monoisotopic (exact) mass is 398 g/mol. The summed E-state index contributed by atoms with van der Waals surface area (Å²) >= 11 is 0. The first-order valence-electron chi connectivity index (χ1n) is 11.3. The minimum absolute atomic E-state index is 0.0608. The van der Waals surface area contributed by atoms with Crippen molar-refractivity contribution in [3.05, 3.63) is 29.3 Å². The van der Waals surface area contributed by atoms with Crippen LogP contribution in [0.15, 0.2) is 18.2 Å². The van der Waals surface area contributed by atoms with Gasteiger partial charge < -0.3 is 20.0 Å². The normalized spacial score (nSPS) is 37.8. The van der Waals surface area contributed by atoms with Crippen molar-refractivity contribution in [1.82, 2.24) is 9.80 Å². The van der Waals surface area contributed by atoms with Gasteiger partial charge in [0, 0.05) is 30.1 Å². The summed E-state index contributed by atoms with van der Waals surface area (Å²) in [6.45, 7) is 7.66. The number of piperidine rings is 3. The standard InChI is InChI=1S/C24H34N2O3/c1-23(2)21-14-18-19(8-5-9-20(18)28)24(23,3)10-11-25(21)22(29)26-15-6-4-7-16(26)13-17(27)12-15/h5,8-9,15-17,21,27-28H,4,6-7,10-14H2,1-3H3/t15?,16?,17?,21-,24+/m0/s1. The van der Waals surface area contributed by atoms with Crippen LogP contribution in [0.25, 0.3) is 0 Å². The third-order valence-corrected chi connectivity index (χ3v) is 9.04. The number of hydrogen-bond acceptors (Lipinski definition) is 3. The van der Waals surface area contributed by atoms with Crippen LogP contribution in [0.1, 0.15) is 70.4 Å². The summed E-state index contributed by atoms with van der Waals surface area (Å²) in [6, 6.07) is 6.47. The predicted molar refractivity (Wildman–Crippen MR) is 112 cm³/mol. The molecule has 3 saturated heterocycles. The molecular weight excluding hydrogens is 364 g/mol. The van der Waals surface area contributed by atoms with E-state index in [1.54, 1.807) is 6.07 Å². The largest absolute Gasteiger partial charge is 0.508 e. The van der Waals surface area contributed by atoms with E-state index in [0.29, 0.717) is 25.0 Å². The fourth-order valence-electron chi connectivity index (χ4n) is 6.97. The van der Waals surface area contributed by atoms with Crippen molar-refractivity contribution >= 4 is 6.03 Å². The molecule has 3 aliphatic heterocycles. The number of hydrogen-bond donors (Lipinski definition) is 2. The van der Waals surface area contributed by atoms with Gasteiger partial charge in [-0.15, -0.1) is 0 Å². The molecular formula is C24H34N2O3. The second-order valence-electron chi connectivity index (χ2n) is 10.6. The number of nitrogens with zero attached hydrogens (tertiary/aromatic N) is 2. The van der Waals surface area contributed by atoms with Gasteiger partial charge in [0.25, 0.3) is 0 Å². The minimum atomic E-state index is -0.269. The van der Waals surface area contributed by atoms with E-state index in [4.69, 9.17) is 0 Å². The molecule has 2 unspecified atom stereocenters. The molecule has 3 heterocycles. The lowest BCUT2D eigenvalue weighted by atomic mass is 9.51. The summed E-state index contributed by atoms with van der Waals surface area (Å²) in [5.74, 6) is 0.362. The number of aromatic hydroxyl groups is 1. The number of phenols is 1. The quantitative estimate of drug-likeness (QED) is 0.699. The van der Waals surface area contributed by atoms with Crippen LogP contribution in [0.2, 0.25) is 0 Å². The molecule has 0 radical (unpaired) electrons. The van der Waals surface area contributed by atoms with Gasteiger partial charge in [0.1, 0.15) is 5.75 Å². The number of urea groups is 1. The Morgan fingerprint density at radius 2 is 1.83 bits per heavy atom. The molecule has 0 saturated carbocycles. The van der Waals surface area contributed by atoms with Gasteiger partial charge in [0.05, 0.1) is 6.10 Å². The van der Waals surface area contributed by atoms with E-state index in [0.717, 1.165) is 37.8 Å². The van der Waals surface area contributed by atoms with Crippen molar-refractivity contribution in [3.63, 3.8) is 0 Å². The highest BCUT2D eigenvalue weighted by Gasteiger charge is 2.58. The number of phenolic OH excluding ortho intramolecular Hbond substituents is 1. The number of amides is 2. The van der Waals surface area contributed by atoms with Crippen LogP contribution in [-0.4, -0.2) is 56.8 Å². The average Bonchev–Trinajstić information content (AvgIpc) is 2.64. The Balaban J connectivity index is 1.51. The van der Waals surface area contributed by atoms with E-state index < -0.39 is 0 Å². The lowest BCUT2D eigenvalue weighted by Crippen LogP contribution is -2.68. The van der Waals surface area contributed by atoms with Gasteiger partial charge in [-0.3, -0.25) is 0 Å². The molecule has 4 atom stereocenters. The highest BCUT2D eigenvalue weighted by Crippen LogP contribution is 2.57. The Kier molecular flexibility index (Phi) is 4.22. The van der Waals surface area contributed by atoms with E-state index in [1.807, 2.05) is 6.07 Å². The van der Waals surface area contributed by atoms with E-state index in [1.165, 1.54) is 5.56 Å². The Hall–Kier alpha value is -1.75. The molecule has 5 rings (SSSR count). The lowest BCUT2D eigenvalue weighted by Gasteiger charge is -2.62. The zero-order valence-corrected chi connectivity index (χ0v) is 17.9. The Morgan fingerprint density at radius 1 is 1.14 bits per heavy atom. The zero-order valence-electron chi connectivity index (χ0n) is 17.9. The molecule has 29 heavy (non-hydrogen) atoms. The summed E-state index contributed by atoms with van der Waals surface area (Å²) in [5, 5.41) is 20.8. The number of aliphatic hydroxyl groups is 1. The summed E-state index contributed by atoms with van der Waals surface area (Å²) < 4.78 is 0. The van der Waals surface area contributed by atoms with E-state index >= 15 is 0 Å². The van der Waals surface area contributed by atoms with Crippen LogP contribution in [0.5, 0.6) is 5.75 Å². The smallest absolute Gasteiger partial charge is 0.320 e. The number of fused-ring (bicyclic) bond motifs is 6. The van der Waals surface area contributed by atoms with Gasteiger partial charge in [0.2, 0.25) is 0 Å². The SMILES string of the molecule is CC1(C)[C@@H]2Cc3c(O)cccc3[C@@]1(C)CCN2C(=O)N1C2CCCC1CC(O)C2. The van der Waals surface area contributed by atoms with Gasteiger partial charge in [-0.2, -0.15) is 0 Å². The maximum atomic E-state index is 13.9. The number of benzene rings is 1. The number of rotatable bonds is 0. The topological polar surface area (TPSA) is 64.0 Å². The van der Waals surface area contributed by atoms with Crippen LogP contribution >= 0.6 is 0 Å². The van der Waals surface area contributed by atoms with Crippen molar-refractivity contribution in [3.8, 4) is 5.75 Å².